The summed E-state index contributed by atoms with van der Waals surface area (Å²) in [7, 11) is 2.01. The average molecular weight is 287 g/mol. The molecule has 0 heterocycles. The third kappa shape index (κ3) is 5.29. The summed E-state index contributed by atoms with van der Waals surface area (Å²) < 4.78 is 12.8. The molecule has 0 radical (unpaired) electrons. The number of nitrogens with zero attached hydrogens (tertiary/aromatic N) is 1. The lowest BCUT2D eigenvalue weighted by Gasteiger charge is -2.20. The molecular weight excluding hydrogens is 265 g/mol. The summed E-state index contributed by atoms with van der Waals surface area (Å²) >= 11 is 0. The van der Waals surface area contributed by atoms with Crippen molar-refractivity contribution in [2.75, 3.05) is 20.1 Å². The Hall–Kier alpha value is -1.71. The number of rotatable bonds is 7. The number of aliphatic hydroxyl groups is 1. The molecule has 3 heteroatoms. The van der Waals surface area contributed by atoms with E-state index in [0.717, 1.165) is 30.5 Å². The van der Waals surface area contributed by atoms with Crippen LogP contribution in [0.25, 0.3) is 0 Å². The molecule has 0 aliphatic carbocycles. The number of hydrogen-bond donors (Lipinski definition) is 1. The molecule has 2 aromatic rings. The zero-order chi connectivity index (χ0) is 15.1. The minimum absolute atomic E-state index is 0.193. The standard InChI is InChI=1S/C18H22FNO/c1-20(14-18(21)16-7-3-2-4-8-16)13-5-6-15-9-11-17(19)12-10-15/h2-4,7-12,18,21H,5-6,13-14H2,1H3/t18-/m0/s1. The van der Waals surface area contributed by atoms with Crippen LogP contribution in [0.5, 0.6) is 0 Å². The minimum Gasteiger partial charge on any atom is -0.387 e. The van der Waals surface area contributed by atoms with Crippen molar-refractivity contribution in [1.82, 2.24) is 4.90 Å². The van der Waals surface area contributed by atoms with E-state index in [2.05, 4.69) is 4.90 Å². The van der Waals surface area contributed by atoms with Crippen molar-refractivity contribution in [1.29, 1.82) is 0 Å². The molecule has 1 N–H and O–H groups in total. The molecule has 0 saturated heterocycles. The normalized spacial score (nSPS) is 12.6. The molecular formula is C18H22FNO. The van der Waals surface area contributed by atoms with Crippen LogP contribution in [0.1, 0.15) is 23.7 Å². The molecule has 0 spiro atoms. The van der Waals surface area contributed by atoms with E-state index in [4.69, 9.17) is 0 Å². The van der Waals surface area contributed by atoms with Crippen LogP contribution in [0.3, 0.4) is 0 Å². The summed E-state index contributed by atoms with van der Waals surface area (Å²) in [5.41, 5.74) is 2.09. The van der Waals surface area contributed by atoms with E-state index in [9.17, 15) is 9.50 Å². The number of likely N-dealkylation sites (N-methyl/N-ethyl adjacent to an activating group) is 1. The Morgan fingerprint density at radius 3 is 2.38 bits per heavy atom. The second kappa shape index (κ2) is 7.91. The van der Waals surface area contributed by atoms with Crippen molar-refractivity contribution in [3.05, 3.63) is 71.5 Å². The van der Waals surface area contributed by atoms with Crippen LogP contribution < -0.4 is 0 Å². The lowest BCUT2D eigenvalue weighted by Crippen LogP contribution is -2.26. The molecule has 0 bridgehead atoms. The maximum Gasteiger partial charge on any atom is 0.123 e. The van der Waals surface area contributed by atoms with Gasteiger partial charge in [0.1, 0.15) is 5.82 Å². The number of halogens is 1. The summed E-state index contributed by atoms with van der Waals surface area (Å²) in [6.45, 7) is 1.52. The molecule has 0 amide bonds. The molecule has 0 aliphatic rings. The van der Waals surface area contributed by atoms with Gasteiger partial charge in [-0.1, -0.05) is 42.5 Å². The highest BCUT2D eigenvalue weighted by molar-refractivity contribution is 5.18. The molecule has 0 fully saturated rings. The van der Waals surface area contributed by atoms with Gasteiger partial charge in [0.25, 0.3) is 0 Å². The van der Waals surface area contributed by atoms with Crippen molar-refractivity contribution < 1.29 is 9.50 Å². The van der Waals surface area contributed by atoms with Crippen molar-refractivity contribution >= 4 is 0 Å². The number of aliphatic hydroxyl groups excluding tert-OH is 1. The summed E-state index contributed by atoms with van der Waals surface area (Å²) in [6.07, 6.45) is 1.46. The van der Waals surface area contributed by atoms with Crippen molar-refractivity contribution in [2.45, 2.75) is 18.9 Å². The smallest absolute Gasteiger partial charge is 0.123 e. The van der Waals surface area contributed by atoms with Gasteiger partial charge in [0, 0.05) is 6.54 Å². The van der Waals surface area contributed by atoms with Gasteiger partial charge >= 0.3 is 0 Å². The van der Waals surface area contributed by atoms with Gasteiger partial charge in [-0.15, -0.1) is 0 Å². The third-order valence-corrected chi connectivity index (χ3v) is 3.59. The second-order valence-corrected chi connectivity index (χ2v) is 5.42. The first-order valence-electron chi connectivity index (χ1n) is 7.31. The summed E-state index contributed by atoms with van der Waals surface area (Å²) in [6, 6.07) is 16.4. The highest BCUT2D eigenvalue weighted by atomic mass is 19.1. The Morgan fingerprint density at radius 1 is 1.05 bits per heavy atom. The molecule has 0 saturated carbocycles. The van der Waals surface area contributed by atoms with Gasteiger partial charge in [-0.3, -0.25) is 0 Å². The zero-order valence-electron chi connectivity index (χ0n) is 12.4. The molecule has 0 aromatic heterocycles. The number of hydrogen-bond acceptors (Lipinski definition) is 2. The number of aryl methyl sites for hydroxylation is 1. The summed E-state index contributed by atoms with van der Waals surface area (Å²) in [5.74, 6) is -0.193. The van der Waals surface area contributed by atoms with Crippen LogP contribution in [-0.4, -0.2) is 30.1 Å². The van der Waals surface area contributed by atoms with E-state index in [1.807, 2.05) is 49.5 Å². The Morgan fingerprint density at radius 2 is 1.71 bits per heavy atom. The van der Waals surface area contributed by atoms with E-state index >= 15 is 0 Å². The Balaban J connectivity index is 1.72. The molecule has 2 rings (SSSR count). The van der Waals surface area contributed by atoms with Gasteiger partial charge < -0.3 is 10.0 Å². The van der Waals surface area contributed by atoms with Crippen molar-refractivity contribution in [3.8, 4) is 0 Å². The van der Waals surface area contributed by atoms with Crippen LogP contribution in [-0.2, 0) is 6.42 Å². The number of benzene rings is 2. The van der Waals surface area contributed by atoms with E-state index in [0.29, 0.717) is 6.54 Å². The predicted octanol–water partition coefficient (Wildman–Crippen LogP) is 3.42. The highest BCUT2D eigenvalue weighted by Crippen LogP contribution is 2.13. The fourth-order valence-electron chi connectivity index (χ4n) is 2.37. The third-order valence-electron chi connectivity index (χ3n) is 3.59. The molecule has 2 aromatic carbocycles. The Kier molecular flexibility index (Phi) is 5.90. The summed E-state index contributed by atoms with van der Waals surface area (Å²) in [4.78, 5) is 2.13. The molecule has 0 aliphatic heterocycles. The average Bonchev–Trinajstić information content (AvgIpc) is 2.50. The molecule has 112 valence electrons. The first-order valence-corrected chi connectivity index (χ1v) is 7.31. The van der Waals surface area contributed by atoms with Gasteiger partial charge in [0.15, 0.2) is 0 Å². The maximum absolute atomic E-state index is 12.8. The van der Waals surface area contributed by atoms with Gasteiger partial charge in [-0.05, 0) is 49.7 Å². The topological polar surface area (TPSA) is 23.5 Å². The van der Waals surface area contributed by atoms with Crippen LogP contribution in [0, 0.1) is 5.82 Å². The fourth-order valence-corrected chi connectivity index (χ4v) is 2.37. The molecule has 2 nitrogen and oxygen atoms in total. The van der Waals surface area contributed by atoms with E-state index < -0.39 is 6.10 Å². The van der Waals surface area contributed by atoms with E-state index in [1.54, 1.807) is 0 Å². The molecule has 21 heavy (non-hydrogen) atoms. The van der Waals surface area contributed by atoms with Gasteiger partial charge in [0.2, 0.25) is 0 Å². The first kappa shape index (κ1) is 15.7. The van der Waals surface area contributed by atoms with Crippen LogP contribution in [0.2, 0.25) is 0 Å². The SMILES string of the molecule is CN(CCCc1ccc(F)cc1)C[C@H](O)c1ccccc1. The fraction of sp³-hybridized carbons (Fsp3) is 0.333. The van der Waals surface area contributed by atoms with Crippen LogP contribution in [0.15, 0.2) is 54.6 Å². The minimum atomic E-state index is -0.456. The second-order valence-electron chi connectivity index (χ2n) is 5.42. The van der Waals surface area contributed by atoms with Crippen molar-refractivity contribution in [3.63, 3.8) is 0 Å². The van der Waals surface area contributed by atoms with Gasteiger partial charge in [-0.25, -0.2) is 4.39 Å². The lowest BCUT2D eigenvalue weighted by atomic mass is 10.1. The Bertz CT molecular complexity index is 527. The van der Waals surface area contributed by atoms with Gasteiger partial charge in [0.05, 0.1) is 6.10 Å². The van der Waals surface area contributed by atoms with E-state index in [-0.39, 0.29) is 5.82 Å². The van der Waals surface area contributed by atoms with Crippen molar-refractivity contribution in [2.24, 2.45) is 0 Å². The first-order chi connectivity index (χ1) is 10.1. The van der Waals surface area contributed by atoms with Crippen LogP contribution in [0.4, 0.5) is 4.39 Å². The largest absolute Gasteiger partial charge is 0.387 e. The highest BCUT2D eigenvalue weighted by Gasteiger charge is 2.09. The zero-order valence-corrected chi connectivity index (χ0v) is 12.4. The molecule has 0 unspecified atom stereocenters. The molecule has 1 atom stereocenters. The Labute approximate surface area is 125 Å². The van der Waals surface area contributed by atoms with Gasteiger partial charge in [-0.2, -0.15) is 0 Å². The maximum atomic E-state index is 12.8. The summed E-state index contributed by atoms with van der Waals surface area (Å²) in [5, 5.41) is 10.2. The monoisotopic (exact) mass is 287 g/mol. The van der Waals surface area contributed by atoms with Crippen LogP contribution >= 0.6 is 0 Å². The van der Waals surface area contributed by atoms with E-state index in [1.165, 1.54) is 12.1 Å². The lowest BCUT2D eigenvalue weighted by molar-refractivity contribution is 0.126. The predicted molar refractivity (Wildman–Crippen MR) is 83.6 cm³/mol. The quantitative estimate of drug-likeness (QED) is 0.843.